The SMILES string of the molecule is COCCC(NC(=O)CCC1CCNC1)C(=O)O. The van der Waals surface area contributed by atoms with Crippen LogP contribution in [-0.4, -0.2) is 49.8 Å². The molecule has 0 aromatic heterocycles. The average molecular weight is 258 g/mol. The van der Waals surface area contributed by atoms with Gasteiger partial charge in [-0.05, 0) is 31.8 Å². The van der Waals surface area contributed by atoms with Crippen molar-refractivity contribution in [1.82, 2.24) is 10.6 Å². The van der Waals surface area contributed by atoms with E-state index in [1.165, 1.54) is 7.11 Å². The topological polar surface area (TPSA) is 87.7 Å². The number of carboxylic acids is 1. The number of ether oxygens (including phenoxy) is 1. The van der Waals surface area contributed by atoms with E-state index in [0.29, 0.717) is 25.4 Å². The maximum Gasteiger partial charge on any atom is 0.326 e. The molecule has 1 rings (SSSR count). The van der Waals surface area contributed by atoms with Gasteiger partial charge in [-0.3, -0.25) is 4.79 Å². The molecule has 0 spiro atoms. The second-order valence-corrected chi connectivity index (χ2v) is 4.64. The normalized spacial score (nSPS) is 20.6. The van der Waals surface area contributed by atoms with Crippen molar-refractivity contribution < 1.29 is 19.4 Å². The molecule has 0 aromatic rings. The summed E-state index contributed by atoms with van der Waals surface area (Å²) in [5.74, 6) is -0.661. The lowest BCUT2D eigenvalue weighted by molar-refractivity contribution is -0.142. The third-order valence-electron chi connectivity index (χ3n) is 3.19. The Hall–Kier alpha value is -1.14. The van der Waals surface area contributed by atoms with Crippen molar-refractivity contribution in [3.63, 3.8) is 0 Å². The van der Waals surface area contributed by atoms with Gasteiger partial charge in [0, 0.05) is 26.6 Å². The molecular formula is C12H22N2O4. The number of nitrogens with one attached hydrogen (secondary N) is 2. The number of hydrogen-bond donors (Lipinski definition) is 3. The Balaban J connectivity index is 2.24. The zero-order chi connectivity index (χ0) is 13.4. The van der Waals surface area contributed by atoms with Gasteiger partial charge in [-0.15, -0.1) is 0 Å². The van der Waals surface area contributed by atoms with Gasteiger partial charge in [0.25, 0.3) is 0 Å². The molecule has 0 saturated carbocycles. The van der Waals surface area contributed by atoms with E-state index in [0.717, 1.165) is 25.9 Å². The number of rotatable bonds is 8. The summed E-state index contributed by atoms with van der Waals surface area (Å²) < 4.78 is 4.82. The van der Waals surface area contributed by atoms with Gasteiger partial charge in [-0.2, -0.15) is 0 Å². The summed E-state index contributed by atoms with van der Waals surface area (Å²) in [6.45, 7) is 2.29. The fourth-order valence-electron chi connectivity index (χ4n) is 2.06. The zero-order valence-corrected chi connectivity index (χ0v) is 10.8. The van der Waals surface area contributed by atoms with Gasteiger partial charge in [0.1, 0.15) is 6.04 Å². The number of carbonyl (C=O) groups excluding carboxylic acids is 1. The van der Waals surface area contributed by atoms with Crippen molar-refractivity contribution >= 4 is 11.9 Å². The Morgan fingerprint density at radius 2 is 2.33 bits per heavy atom. The highest BCUT2D eigenvalue weighted by molar-refractivity contribution is 5.83. The molecule has 3 N–H and O–H groups in total. The number of methoxy groups -OCH3 is 1. The van der Waals surface area contributed by atoms with Gasteiger partial charge in [0.05, 0.1) is 0 Å². The molecule has 6 nitrogen and oxygen atoms in total. The quantitative estimate of drug-likeness (QED) is 0.569. The Morgan fingerprint density at radius 3 is 2.89 bits per heavy atom. The molecule has 1 amide bonds. The van der Waals surface area contributed by atoms with Crippen LogP contribution in [-0.2, 0) is 14.3 Å². The monoisotopic (exact) mass is 258 g/mol. The van der Waals surface area contributed by atoms with Gasteiger partial charge < -0.3 is 20.5 Å². The number of carboxylic acid groups (broad SMARTS) is 1. The smallest absolute Gasteiger partial charge is 0.326 e. The molecule has 18 heavy (non-hydrogen) atoms. The van der Waals surface area contributed by atoms with Crippen LogP contribution in [0.1, 0.15) is 25.7 Å². The van der Waals surface area contributed by atoms with Crippen LogP contribution in [0.5, 0.6) is 0 Å². The first-order valence-electron chi connectivity index (χ1n) is 6.35. The molecule has 0 radical (unpaired) electrons. The van der Waals surface area contributed by atoms with Gasteiger partial charge in [-0.25, -0.2) is 4.79 Å². The molecule has 1 saturated heterocycles. The van der Waals surface area contributed by atoms with E-state index in [1.54, 1.807) is 0 Å². The molecule has 1 fully saturated rings. The molecule has 0 aliphatic carbocycles. The fourth-order valence-corrected chi connectivity index (χ4v) is 2.06. The predicted octanol–water partition coefficient (Wildman–Crippen LogP) is -0.0180. The van der Waals surface area contributed by atoms with Crippen LogP contribution in [0.4, 0.5) is 0 Å². The summed E-state index contributed by atoms with van der Waals surface area (Å²) in [4.78, 5) is 22.6. The second kappa shape index (κ2) is 8.05. The lowest BCUT2D eigenvalue weighted by atomic mass is 10.0. The van der Waals surface area contributed by atoms with Crippen molar-refractivity contribution in [3.05, 3.63) is 0 Å². The molecule has 1 aliphatic rings. The first-order valence-corrected chi connectivity index (χ1v) is 6.35. The van der Waals surface area contributed by atoms with E-state index < -0.39 is 12.0 Å². The average Bonchev–Trinajstić information content (AvgIpc) is 2.84. The van der Waals surface area contributed by atoms with Crippen LogP contribution >= 0.6 is 0 Å². The van der Waals surface area contributed by atoms with Crippen molar-refractivity contribution in [2.45, 2.75) is 31.7 Å². The maximum atomic E-state index is 11.6. The third-order valence-corrected chi connectivity index (χ3v) is 3.19. The summed E-state index contributed by atoms with van der Waals surface area (Å²) in [6, 6.07) is -0.848. The van der Waals surface area contributed by atoms with Crippen LogP contribution < -0.4 is 10.6 Å². The van der Waals surface area contributed by atoms with Crippen LogP contribution in [0.15, 0.2) is 0 Å². The van der Waals surface area contributed by atoms with Crippen LogP contribution in [0.25, 0.3) is 0 Å². The maximum absolute atomic E-state index is 11.6. The summed E-state index contributed by atoms with van der Waals surface area (Å²) in [7, 11) is 1.51. The van der Waals surface area contributed by atoms with E-state index in [-0.39, 0.29) is 5.91 Å². The Kier molecular flexibility index (Phi) is 6.67. The number of carbonyl (C=O) groups is 2. The van der Waals surface area contributed by atoms with E-state index in [2.05, 4.69) is 10.6 Å². The highest BCUT2D eigenvalue weighted by atomic mass is 16.5. The zero-order valence-electron chi connectivity index (χ0n) is 10.8. The third kappa shape index (κ3) is 5.46. The van der Waals surface area contributed by atoms with Crippen LogP contribution in [0.2, 0.25) is 0 Å². The minimum Gasteiger partial charge on any atom is -0.480 e. The lowest BCUT2D eigenvalue weighted by Gasteiger charge is -2.14. The van der Waals surface area contributed by atoms with Crippen molar-refractivity contribution in [3.8, 4) is 0 Å². The summed E-state index contributed by atoms with van der Waals surface area (Å²) in [5.41, 5.74) is 0. The van der Waals surface area contributed by atoms with Gasteiger partial charge in [0.2, 0.25) is 5.91 Å². The van der Waals surface area contributed by atoms with E-state index in [9.17, 15) is 9.59 Å². The Labute approximate surface area is 107 Å². The highest BCUT2D eigenvalue weighted by Gasteiger charge is 2.21. The number of aliphatic carboxylic acids is 1. The van der Waals surface area contributed by atoms with Crippen molar-refractivity contribution in [2.75, 3.05) is 26.8 Å². The van der Waals surface area contributed by atoms with E-state index in [1.807, 2.05) is 0 Å². The molecule has 0 bridgehead atoms. The molecule has 1 heterocycles. The minimum absolute atomic E-state index is 0.189. The van der Waals surface area contributed by atoms with Gasteiger partial charge in [0.15, 0.2) is 0 Å². The van der Waals surface area contributed by atoms with Crippen LogP contribution in [0.3, 0.4) is 0 Å². The Bertz CT molecular complexity index is 277. The molecule has 2 atom stereocenters. The Morgan fingerprint density at radius 1 is 1.56 bits per heavy atom. The van der Waals surface area contributed by atoms with Crippen LogP contribution in [0, 0.1) is 5.92 Å². The standard InChI is InChI=1S/C12H22N2O4/c1-18-7-5-10(12(16)17)14-11(15)3-2-9-4-6-13-8-9/h9-10,13H,2-8H2,1H3,(H,14,15)(H,16,17). The number of amides is 1. The van der Waals surface area contributed by atoms with Gasteiger partial charge >= 0.3 is 5.97 Å². The molecule has 104 valence electrons. The molecular weight excluding hydrogens is 236 g/mol. The minimum atomic E-state index is -1.01. The largest absolute Gasteiger partial charge is 0.480 e. The van der Waals surface area contributed by atoms with Crippen molar-refractivity contribution in [1.29, 1.82) is 0 Å². The molecule has 6 heteroatoms. The first kappa shape index (κ1) is 14.9. The lowest BCUT2D eigenvalue weighted by Crippen LogP contribution is -2.41. The van der Waals surface area contributed by atoms with E-state index >= 15 is 0 Å². The molecule has 1 aliphatic heterocycles. The summed E-state index contributed by atoms with van der Waals surface area (Å²) in [5, 5.41) is 14.7. The fraction of sp³-hybridized carbons (Fsp3) is 0.833. The predicted molar refractivity (Wildman–Crippen MR) is 66.3 cm³/mol. The second-order valence-electron chi connectivity index (χ2n) is 4.64. The highest BCUT2D eigenvalue weighted by Crippen LogP contribution is 2.14. The summed E-state index contributed by atoms with van der Waals surface area (Å²) in [6.07, 6.45) is 2.60. The van der Waals surface area contributed by atoms with Crippen molar-refractivity contribution in [2.24, 2.45) is 5.92 Å². The van der Waals surface area contributed by atoms with E-state index in [4.69, 9.17) is 9.84 Å². The number of hydrogen-bond acceptors (Lipinski definition) is 4. The summed E-state index contributed by atoms with van der Waals surface area (Å²) >= 11 is 0. The molecule has 2 unspecified atom stereocenters. The molecule has 0 aromatic carbocycles. The first-order chi connectivity index (χ1) is 8.63. The van der Waals surface area contributed by atoms with Gasteiger partial charge in [-0.1, -0.05) is 0 Å².